The third-order valence-electron chi connectivity index (χ3n) is 13.2. The number of ether oxygens (including phenoxy) is 2. The molecule has 2 fully saturated rings. The van der Waals surface area contributed by atoms with E-state index in [-0.39, 0.29) is 29.8 Å². The van der Waals surface area contributed by atoms with E-state index in [0.29, 0.717) is 25.2 Å². The smallest absolute Gasteiger partial charge is 0.308 e. The first-order valence-corrected chi connectivity index (χ1v) is 24.3. The van der Waals surface area contributed by atoms with E-state index in [0.717, 1.165) is 96.7 Å². The molecule has 0 amide bonds. The highest BCUT2D eigenvalue weighted by atomic mass is 16.5. The fraction of sp³-hybridized carbons (Fsp3) is 0.958. The number of aliphatic hydroxyl groups is 1. The molecule has 1 spiro atoms. The molecule has 0 aromatic rings. The summed E-state index contributed by atoms with van der Waals surface area (Å²) in [6.45, 7) is 15.3. The van der Waals surface area contributed by atoms with Crippen LogP contribution in [0.15, 0.2) is 0 Å². The number of piperidine rings is 1. The van der Waals surface area contributed by atoms with Crippen molar-refractivity contribution < 1.29 is 24.2 Å². The van der Waals surface area contributed by atoms with Crippen molar-refractivity contribution in [2.45, 2.75) is 226 Å². The van der Waals surface area contributed by atoms with E-state index in [2.05, 4.69) is 37.5 Å². The summed E-state index contributed by atoms with van der Waals surface area (Å²) in [5, 5.41) is 9.18. The highest BCUT2D eigenvalue weighted by molar-refractivity contribution is 5.73. The normalized spacial score (nSPS) is 17.8. The van der Waals surface area contributed by atoms with Crippen molar-refractivity contribution >= 4 is 11.9 Å². The molecule has 1 N–H and O–H groups in total. The summed E-state index contributed by atoms with van der Waals surface area (Å²) in [7, 11) is 0. The van der Waals surface area contributed by atoms with E-state index in [1.807, 2.05) is 0 Å². The minimum absolute atomic E-state index is 0.0254. The Balaban J connectivity index is 2.07. The van der Waals surface area contributed by atoms with Crippen LogP contribution in [0.3, 0.4) is 0 Å². The van der Waals surface area contributed by atoms with E-state index >= 15 is 0 Å². The fourth-order valence-corrected chi connectivity index (χ4v) is 9.20. The van der Waals surface area contributed by atoms with Crippen LogP contribution < -0.4 is 0 Å². The van der Waals surface area contributed by atoms with Crippen LogP contribution >= 0.6 is 0 Å². The first-order chi connectivity index (χ1) is 26.9. The number of likely N-dealkylation sites (tertiary alicyclic amines) is 2. The molecule has 2 aliphatic rings. The minimum Gasteiger partial charge on any atom is -0.464 e. The molecule has 7 heteroatoms. The minimum atomic E-state index is -0.0918. The maximum Gasteiger partial charge on any atom is 0.308 e. The summed E-state index contributed by atoms with van der Waals surface area (Å²) in [6, 6.07) is -0.0918. The molecule has 7 nitrogen and oxygen atoms in total. The van der Waals surface area contributed by atoms with Gasteiger partial charge in [-0.15, -0.1) is 0 Å². The Hall–Kier alpha value is -1.18. The second kappa shape index (κ2) is 32.7. The SMILES string of the molecule is CCCCCCCCC(CCCCCC)C(=O)OCC(COC(=O)C(CCCCCC)CCCCCCCC)N1CCC2(CCN(CCCCCO)C2)CC1. The van der Waals surface area contributed by atoms with Crippen LogP contribution in [0, 0.1) is 17.3 Å². The van der Waals surface area contributed by atoms with Gasteiger partial charge in [-0.05, 0) is 95.8 Å². The number of unbranched alkanes of at least 4 members (excludes halogenated alkanes) is 18. The van der Waals surface area contributed by atoms with Gasteiger partial charge in [0.1, 0.15) is 13.2 Å². The zero-order chi connectivity index (χ0) is 39.8. The molecule has 2 rings (SSSR count). The van der Waals surface area contributed by atoms with Crippen molar-refractivity contribution in [1.82, 2.24) is 9.80 Å². The second-order valence-electron chi connectivity index (χ2n) is 18.0. The fourth-order valence-electron chi connectivity index (χ4n) is 9.20. The molecule has 2 aliphatic heterocycles. The van der Waals surface area contributed by atoms with Gasteiger partial charge in [0.15, 0.2) is 0 Å². The Kier molecular flexibility index (Phi) is 29.7. The molecule has 0 aromatic carbocycles. The van der Waals surface area contributed by atoms with Crippen LogP contribution in [0.4, 0.5) is 0 Å². The van der Waals surface area contributed by atoms with Crippen molar-refractivity contribution in [3.63, 3.8) is 0 Å². The highest BCUT2D eigenvalue weighted by Gasteiger charge is 2.42. The van der Waals surface area contributed by atoms with E-state index in [1.165, 1.54) is 129 Å². The van der Waals surface area contributed by atoms with Gasteiger partial charge in [0.25, 0.3) is 0 Å². The molecule has 0 aromatic heterocycles. The molecule has 2 unspecified atom stereocenters. The lowest BCUT2D eigenvalue weighted by Gasteiger charge is -2.42. The van der Waals surface area contributed by atoms with Crippen LogP contribution in [0.5, 0.6) is 0 Å². The summed E-state index contributed by atoms with van der Waals surface area (Å²) in [4.78, 5) is 32.7. The molecule has 0 bridgehead atoms. The average Bonchev–Trinajstić information content (AvgIpc) is 3.59. The van der Waals surface area contributed by atoms with E-state index in [4.69, 9.17) is 9.47 Å². The number of rotatable bonds is 36. The van der Waals surface area contributed by atoms with Gasteiger partial charge < -0.3 is 19.5 Å². The number of carbonyl (C=O) groups excluding carboxylic acids is 2. The van der Waals surface area contributed by atoms with Crippen LogP contribution in [-0.2, 0) is 19.1 Å². The predicted molar refractivity (Wildman–Crippen MR) is 231 cm³/mol. The zero-order valence-electron chi connectivity index (χ0n) is 37.1. The van der Waals surface area contributed by atoms with Crippen molar-refractivity contribution in [1.29, 1.82) is 0 Å². The lowest BCUT2D eigenvalue weighted by Crippen LogP contribution is -2.50. The van der Waals surface area contributed by atoms with Gasteiger partial charge in [0.2, 0.25) is 0 Å². The summed E-state index contributed by atoms with van der Waals surface area (Å²) in [6.07, 6.45) is 34.6. The first-order valence-electron chi connectivity index (χ1n) is 24.3. The Morgan fingerprint density at radius 2 is 0.909 bits per heavy atom. The predicted octanol–water partition coefficient (Wildman–Crippen LogP) is 12.1. The van der Waals surface area contributed by atoms with Crippen LogP contribution in [0.1, 0.15) is 220 Å². The summed E-state index contributed by atoms with van der Waals surface area (Å²) in [5.41, 5.74) is 0.368. The van der Waals surface area contributed by atoms with Gasteiger partial charge in [-0.3, -0.25) is 14.5 Å². The van der Waals surface area contributed by atoms with Crippen molar-refractivity contribution in [2.24, 2.45) is 17.3 Å². The molecule has 2 atom stereocenters. The standard InChI is InChI=1S/C48H92N2O5/c1-5-9-13-17-19-24-30-43(28-22-15-11-7-3)46(52)54-40-45(50-37-33-48(34-38-50)32-36-49(42-48)35-26-21-27-39-51)41-55-47(53)44(29-23-16-12-8-4)31-25-20-18-14-10-6-2/h43-45,51H,5-42H2,1-4H3. The largest absolute Gasteiger partial charge is 0.464 e. The molecular formula is C48H92N2O5. The number of hydrogen-bond acceptors (Lipinski definition) is 7. The molecule has 0 saturated carbocycles. The van der Waals surface area contributed by atoms with E-state index in [1.54, 1.807) is 0 Å². The van der Waals surface area contributed by atoms with Crippen molar-refractivity contribution in [3.05, 3.63) is 0 Å². The maximum atomic E-state index is 13.8. The van der Waals surface area contributed by atoms with Gasteiger partial charge in [0, 0.05) is 13.2 Å². The summed E-state index contributed by atoms with van der Waals surface area (Å²) in [5.74, 6) is -0.108. The molecule has 2 heterocycles. The topological polar surface area (TPSA) is 79.3 Å². The number of carbonyl (C=O) groups is 2. The molecule has 2 saturated heterocycles. The third-order valence-corrected chi connectivity index (χ3v) is 13.2. The Labute approximate surface area is 341 Å². The lowest BCUT2D eigenvalue weighted by atomic mass is 9.77. The number of aliphatic hydroxyl groups excluding tert-OH is 1. The molecule has 0 aliphatic carbocycles. The van der Waals surface area contributed by atoms with Gasteiger partial charge in [-0.25, -0.2) is 0 Å². The summed E-state index contributed by atoms with van der Waals surface area (Å²) < 4.78 is 12.5. The first kappa shape index (κ1) is 50.0. The average molecular weight is 777 g/mol. The van der Waals surface area contributed by atoms with Gasteiger partial charge in [0.05, 0.1) is 17.9 Å². The third kappa shape index (κ3) is 22.5. The highest BCUT2D eigenvalue weighted by Crippen LogP contribution is 2.41. The van der Waals surface area contributed by atoms with E-state index < -0.39 is 0 Å². The zero-order valence-corrected chi connectivity index (χ0v) is 37.1. The van der Waals surface area contributed by atoms with Crippen molar-refractivity contribution in [3.8, 4) is 0 Å². The molecular weight excluding hydrogens is 685 g/mol. The Bertz CT molecular complexity index is 874. The monoisotopic (exact) mass is 777 g/mol. The van der Waals surface area contributed by atoms with Crippen LogP contribution in [0.2, 0.25) is 0 Å². The quantitative estimate of drug-likeness (QED) is 0.0501. The second-order valence-corrected chi connectivity index (χ2v) is 18.0. The van der Waals surface area contributed by atoms with Gasteiger partial charge in [-0.1, -0.05) is 156 Å². The Morgan fingerprint density at radius 1 is 0.527 bits per heavy atom. The maximum absolute atomic E-state index is 13.8. The van der Waals surface area contributed by atoms with Crippen LogP contribution in [-0.4, -0.2) is 85.4 Å². The van der Waals surface area contributed by atoms with Gasteiger partial charge >= 0.3 is 11.9 Å². The number of nitrogens with zero attached hydrogens (tertiary/aromatic N) is 2. The Morgan fingerprint density at radius 3 is 1.35 bits per heavy atom. The number of hydrogen-bond donors (Lipinski definition) is 1. The molecule has 55 heavy (non-hydrogen) atoms. The van der Waals surface area contributed by atoms with Crippen molar-refractivity contribution in [2.75, 3.05) is 52.5 Å². The molecule has 0 radical (unpaired) electrons. The number of esters is 2. The van der Waals surface area contributed by atoms with Gasteiger partial charge in [-0.2, -0.15) is 0 Å². The van der Waals surface area contributed by atoms with E-state index in [9.17, 15) is 14.7 Å². The molecule has 324 valence electrons. The van der Waals surface area contributed by atoms with Crippen LogP contribution in [0.25, 0.3) is 0 Å². The summed E-state index contributed by atoms with van der Waals surface area (Å²) >= 11 is 0. The lowest BCUT2D eigenvalue weighted by molar-refractivity contribution is -0.156.